The van der Waals surface area contributed by atoms with Crippen LogP contribution in [-0.2, 0) is 27.3 Å². The highest BCUT2D eigenvalue weighted by Gasteiger charge is 2.15. The molecule has 0 radical (unpaired) electrons. The second kappa shape index (κ2) is 16.2. The fourth-order valence-corrected chi connectivity index (χ4v) is 4.87. The average Bonchev–Trinajstić information content (AvgIpc) is 3.27. The maximum Gasteiger partial charge on any atom is 0.226 e. The van der Waals surface area contributed by atoms with Gasteiger partial charge in [-0.1, -0.05) is 74.2 Å². The number of hydrogen-bond acceptors (Lipinski definition) is 5. The SMILES string of the molecule is O=C(CCC(=O)NC1CCCCCC1)NCCOc1ccc(-c2ccc(CC(=O)NCc3ccccc3)nc2)cc1. The molecule has 4 rings (SSSR count). The second-order valence-electron chi connectivity index (χ2n) is 10.5. The minimum Gasteiger partial charge on any atom is -0.492 e. The van der Waals surface area contributed by atoms with E-state index in [2.05, 4.69) is 20.9 Å². The van der Waals surface area contributed by atoms with Crippen LogP contribution >= 0.6 is 0 Å². The monoisotopic (exact) mass is 556 g/mol. The molecule has 2 aromatic carbocycles. The van der Waals surface area contributed by atoms with E-state index in [-0.39, 0.29) is 43.0 Å². The van der Waals surface area contributed by atoms with Crippen molar-refractivity contribution in [3.63, 3.8) is 0 Å². The van der Waals surface area contributed by atoms with E-state index in [9.17, 15) is 14.4 Å². The van der Waals surface area contributed by atoms with E-state index in [4.69, 9.17) is 4.74 Å². The van der Waals surface area contributed by atoms with Crippen molar-refractivity contribution < 1.29 is 19.1 Å². The number of pyridine rings is 1. The van der Waals surface area contributed by atoms with E-state index in [0.29, 0.717) is 31.1 Å². The Morgan fingerprint density at radius 3 is 2.17 bits per heavy atom. The summed E-state index contributed by atoms with van der Waals surface area (Å²) in [4.78, 5) is 41.0. The van der Waals surface area contributed by atoms with Crippen LogP contribution in [0, 0.1) is 0 Å². The summed E-state index contributed by atoms with van der Waals surface area (Å²) >= 11 is 0. The Morgan fingerprint density at radius 2 is 1.46 bits per heavy atom. The number of amides is 3. The molecule has 0 unspecified atom stereocenters. The van der Waals surface area contributed by atoms with Gasteiger partial charge >= 0.3 is 0 Å². The number of benzene rings is 2. The van der Waals surface area contributed by atoms with Crippen molar-refractivity contribution in [2.45, 2.75) is 70.4 Å². The minimum absolute atomic E-state index is 0.0439. The van der Waals surface area contributed by atoms with Gasteiger partial charge in [0.25, 0.3) is 0 Å². The Morgan fingerprint density at radius 1 is 0.756 bits per heavy atom. The van der Waals surface area contributed by atoms with Crippen molar-refractivity contribution in [1.82, 2.24) is 20.9 Å². The smallest absolute Gasteiger partial charge is 0.226 e. The van der Waals surface area contributed by atoms with Crippen LogP contribution < -0.4 is 20.7 Å². The van der Waals surface area contributed by atoms with Gasteiger partial charge in [-0.05, 0) is 42.2 Å². The number of carbonyl (C=O) groups excluding carboxylic acids is 3. The Kier molecular flexibility index (Phi) is 11.7. The van der Waals surface area contributed by atoms with Crippen molar-refractivity contribution >= 4 is 17.7 Å². The van der Waals surface area contributed by atoms with Crippen LogP contribution in [0.25, 0.3) is 11.1 Å². The molecule has 3 aromatic rings. The molecule has 0 aliphatic heterocycles. The zero-order valence-corrected chi connectivity index (χ0v) is 23.6. The summed E-state index contributed by atoms with van der Waals surface area (Å²) in [7, 11) is 0. The Labute approximate surface area is 242 Å². The van der Waals surface area contributed by atoms with Gasteiger partial charge in [-0.3, -0.25) is 19.4 Å². The van der Waals surface area contributed by atoms with E-state index < -0.39 is 0 Å². The molecule has 41 heavy (non-hydrogen) atoms. The third kappa shape index (κ3) is 10.7. The molecular formula is C33H40N4O4. The standard InChI is InChI=1S/C33H40N4O4/c38-31(18-19-32(39)37-28-10-6-1-2-7-11-28)34-20-21-41-30-16-13-26(14-17-30)27-12-15-29(35-24-27)22-33(40)36-23-25-8-4-3-5-9-25/h3-5,8-9,12-17,24,28H,1-2,6-7,10-11,18-23H2,(H,34,38)(H,36,40)(H,37,39). The van der Waals surface area contributed by atoms with Crippen LogP contribution in [-0.4, -0.2) is 41.9 Å². The molecule has 216 valence electrons. The zero-order valence-electron chi connectivity index (χ0n) is 23.6. The van der Waals surface area contributed by atoms with Gasteiger partial charge in [0.15, 0.2) is 0 Å². The molecule has 1 saturated carbocycles. The lowest BCUT2D eigenvalue weighted by Gasteiger charge is -2.16. The Hall–Kier alpha value is -4.20. The van der Waals surface area contributed by atoms with E-state index in [1.807, 2.05) is 66.7 Å². The summed E-state index contributed by atoms with van der Waals surface area (Å²) in [5.41, 5.74) is 3.70. The van der Waals surface area contributed by atoms with E-state index in [0.717, 1.165) is 42.4 Å². The highest BCUT2D eigenvalue weighted by Crippen LogP contribution is 2.22. The van der Waals surface area contributed by atoms with Crippen LogP contribution in [0.15, 0.2) is 72.9 Å². The molecule has 1 aliphatic rings. The van der Waals surface area contributed by atoms with Crippen molar-refractivity contribution in [1.29, 1.82) is 0 Å². The van der Waals surface area contributed by atoms with Gasteiger partial charge in [-0.25, -0.2) is 0 Å². The van der Waals surface area contributed by atoms with Crippen LogP contribution in [0.2, 0.25) is 0 Å². The average molecular weight is 557 g/mol. The molecule has 0 atom stereocenters. The molecule has 3 amide bonds. The molecule has 0 saturated heterocycles. The number of carbonyl (C=O) groups is 3. The molecule has 3 N–H and O–H groups in total. The summed E-state index contributed by atoms with van der Waals surface area (Å²) in [5.74, 6) is 0.440. The van der Waals surface area contributed by atoms with Crippen molar-refractivity contribution in [3.8, 4) is 16.9 Å². The maximum atomic E-state index is 12.3. The van der Waals surface area contributed by atoms with E-state index >= 15 is 0 Å². The Balaban J connectivity index is 1.11. The molecule has 8 heteroatoms. The lowest BCUT2D eigenvalue weighted by molar-refractivity contribution is -0.126. The molecular weight excluding hydrogens is 516 g/mol. The summed E-state index contributed by atoms with van der Waals surface area (Å²) in [5, 5.41) is 8.81. The minimum atomic E-state index is -0.149. The number of nitrogens with one attached hydrogen (secondary N) is 3. The number of aromatic nitrogens is 1. The van der Waals surface area contributed by atoms with E-state index in [1.54, 1.807) is 6.20 Å². The summed E-state index contributed by atoms with van der Waals surface area (Å²) in [6.45, 7) is 1.20. The highest BCUT2D eigenvalue weighted by molar-refractivity contribution is 5.83. The lowest BCUT2D eigenvalue weighted by Crippen LogP contribution is -2.35. The van der Waals surface area contributed by atoms with Gasteiger partial charge in [0.2, 0.25) is 17.7 Å². The maximum absolute atomic E-state index is 12.3. The molecule has 0 spiro atoms. The topological polar surface area (TPSA) is 109 Å². The van der Waals surface area contributed by atoms with Crippen molar-refractivity contribution in [3.05, 3.63) is 84.2 Å². The largest absolute Gasteiger partial charge is 0.492 e. The third-order valence-electron chi connectivity index (χ3n) is 7.18. The van der Waals surface area contributed by atoms with Gasteiger partial charge < -0.3 is 20.7 Å². The predicted octanol–water partition coefficient (Wildman–Crippen LogP) is 4.72. The third-order valence-corrected chi connectivity index (χ3v) is 7.18. The fourth-order valence-electron chi connectivity index (χ4n) is 4.87. The molecule has 1 aromatic heterocycles. The normalized spacial score (nSPS) is 13.6. The summed E-state index contributed by atoms with van der Waals surface area (Å²) in [6, 6.07) is 21.5. The molecule has 1 heterocycles. The number of ether oxygens (including phenoxy) is 1. The second-order valence-corrected chi connectivity index (χ2v) is 10.5. The quantitative estimate of drug-likeness (QED) is 0.209. The van der Waals surface area contributed by atoms with Gasteiger partial charge in [-0.15, -0.1) is 0 Å². The van der Waals surface area contributed by atoms with Gasteiger partial charge in [0, 0.05) is 42.9 Å². The van der Waals surface area contributed by atoms with E-state index in [1.165, 1.54) is 12.8 Å². The summed E-state index contributed by atoms with van der Waals surface area (Å²) in [6.07, 6.45) is 9.26. The molecule has 1 aliphatic carbocycles. The number of nitrogens with zero attached hydrogens (tertiary/aromatic N) is 1. The first kappa shape index (κ1) is 29.8. The number of hydrogen-bond donors (Lipinski definition) is 3. The first-order chi connectivity index (χ1) is 20.0. The zero-order chi connectivity index (χ0) is 28.7. The molecule has 0 bridgehead atoms. The van der Waals surface area contributed by atoms with Gasteiger partial charge in [-0.2, -0.15) is 0 Å². The van der Waals surface area contributed by atoms with Gasteiger partial charge in [0.05, 0.1) is 13.0 Å². The van der Waals surface area contributed by atoms with Gasteiger partial charge in [0.1, 0.15) is 12.4 Å². The molecule has 8 nitrogen and oxygen atoms in total. The Bertz CT molecular complexity index is 1240. The van der Waals surface area contributed by atoms with Crippen LogP contribution in [0.5, 0.6) is 5.75 Å². The first-order valence-corrected chi connectivity index (χ1v) is 14.6. The highest BCUT2D eigenvalue weighted by atomic mass is 16.5. The molecule has 1 fully saturated rings. The van der Waals surface area contributed by atoms with Crippen molar-refractivity contribution in [2.75, 3.05) is 13.2 Å². The van der Waals surface area contributed by atoms with Crippen LogP contribution in [0.3, 0.4) is 0 Å². The fraction of sp³-hybridized carbons (Fsp3) is 0.394. The van der Waals surface area contributed by atoms with Crippen molar-refractivity contribution in [2.24, 2.45) is 0 Å². The predicted molar refractivity (Wildman–Crippen MR) is 159 cm³/mol. The number of rotatable bonds is 13. The van der Waals surface area contributed by atoms with Crippen LogP contribution in [0.4, 0.5) is 0 Å². The summed E-state index contributed by atoms with van der Waals surface area (Å²) < 4.78 is 5.75. The lowest BCUT2D eigenvalue weighted by atomic mass is 10.1. The van der Waals surface area contributed by atoms with Crippen LogP contribution in [0.1, 0.15) is 62.6 Å². The first-order valence-electron chi connectivity index (χ1n) is 14.6.